The molecule has 0 fully saturated rings. The van der Waals surface area contributed by atoms with Gasteiger partial charge in [0.2, 0.25) is 0 Å². The van der Waals surface area contributed by atoms with Crippen LogP contribution in [0.25, 0.3) is 0 Å². The fraction of sp³-hybridized carbons (Fsp3) is 0.478. The van der Waals surface area contributed by atoms with Gasteiger partial charge >= 0.3 is 0 Å². The first-order valence-electron chi connectivity index (χ1n) is 10.1. The van der Waals surface area contributed by atoms with Gasteiger partial charge in [-0.3, -0.25) is 10.6 Å². The molecule has 29 heavy (non-hydrogen) atoms. The summed E-state index contributed by atoms with van der Waals surface area (Å²) in [6, 6.07) is 4.14. The Kier molecular flexibility index (Phi) is 6.54. The van der Waals surface area contributed by atoms with Gasteiger partial charge in [0.1, 0.15) is 12.5 Å². The predicted octanol–water partition coefficient (Wildman–Crippen LogP) is 4.49. The molecule has 3 aliphatic carbocycles. The maximum atomic E-state index is 11.6. The lowest BCUT2D eigenvalue weighted by atomic mass is 9.77. The third-order valence-corrected chi connectivity index (χ3v) is 6.21. The minimum Gasteiger partial charge on any atom is -0.454 e. The molecular weight excluding hydrogens is 384 g/mol. The molecule has 0 unspecified atom stereocenters. The fourth-order valence-corrected chi connectivity index (χ4v) is 5.04. The molecule has 5 nitrogen and oxygen atoms in total. The molecule has 0 atom stereocenters. The highest BCUT2D eigenvalue weighted by atomic mass is 32.1. The summed E-state index contributed by atoms with van der Waals surface area (Å²) in [5, 5.41) is 0.538. The summed E-state index contributed by atoms with van der Waals surface area (Å²) in [5.41, 5.74) is 11.0. The summed E-state index contributed by atoms with van der Waals surface area (Å²) >= 11 is 4.09. The van der Waals surface area contributed by atoms with Gasteiger partial charge in [-0.1, -0.05) is 19.9 Å². The molecule has 3 aliphatic rings. The second-order valence-electron chi connectivity index (χ2n) is 8.74. The number of nitrogens with one attached hydrogen (secondary N) is 1. The molecule has 0 radical (unpaired) electrons. The van der Waals surface area contributed by atoms with E-state index in [9.17, 15) is 4.79 Å². The van der Waals surface area contributed by atoms with Gasteiger partial charge in [-0.15, -0.1) is 12.6 Å². The summed E-state index contributed by atoms with van der Waals surface area (Å²) in [6.07, 6.45) is 8.94. The van der Waals surface area contributed by atoms with Crippen LogP contribution in [-0.4, -0.2) is 12.6 Å². The molecule has 1 heterocycles. The molecule has 6 heteroatoms. The molecule has 0 spiro atoms. The average Bonchev–Trinajstić information content (AvgIpc) is 3.40. The van der Waals surface area contributed by atoms with Gasteiger partial charge in [-0.25, -0.2) is 0 Å². The summed E-state index contributed by atoms with van der Waals surface area (Å²) in [5.74, 6) is 6.62. The topological polar surface area (TPSA) is 85.3 Å². The van der Waals surface area contributed by atoms with Crippen LogP contribution in [0.2, 0.25) is 0 Å². The molecule has 156 valence electrons. The SMILES string of the molecule is C=O.CC1(C)CC(=O)c2cc(S)oc2C1.NNc1c2c(cc3c1CCC3)CCC2. The number of ketones is 1. The van der Waals surface area contributed by atoms with Crippen LogP contribution >= 0.6 is 12.6 Å². The van der Waals surface area contributed by atoms with Crippen LogP contribution in [0.3, 0.4) is 0 Å². The second-order valence-corrected chi connectivity index (χ2v) is 9.18. The number of rotatable bonds is 1. The third-order valence-electron chi connectivity index (χ3n) is 5.99. The zero-order chi connectivity index (χ0) is 21.2. The van der Waals surface area contributed by atoms with Gasteiger partial charge in [0.25, 0.3) is 0 Å². The van der Waals surface area contributed by atoms with Crippen LogP contribution in [-0.2, 0) is 36.9 Å². The van der Waals surface area contributed by atoms with E-state index in [1.165, 1.54) is 55.3 Å². The number of fused-ring (bicyclic) bond motifs is 3. The highest BCUT2D eigenvalue weighted by Gasteiger charge is 2.33. The van der Waals surface area contributed by atoms with Crippen molar-refractivity contribution < 1.29 is 14.0 Å². The Balaban J connectivity index is 0.000000153. The van der Waals surface area contributed by atoms with E-state index in [0.717, 1.165) is 17.7 Å². The lowest BCUT2D eigenvalue weighted by molar-refractivity contribution is -0.0980. The Labute approximate surface area is 177 Å². The van der Waals surface area contributed by atoms with E-state index in [-0.39, 0.29) is 11.2 Å². The minimum atomic E-state index is 0.0299. The average molecular weight is 415 g/mol. The summed E-state index contributed by atoms with van der Waals surface area (Å²) in [6.45, 7) is 6.16. The largest absolute Gasteiger partial charge is 0.454 e. The maximum absolute atomic E-state index is 11.6. The number of aryl methyl sites for hydroxylation is 2. The van der Waals surface area contributed by atoms with Crippen molar-refractivity contribution in [3.63, 3.8) is 0 Å². The van der Waals surface area contributed by atoms with Crippen molar-refractivity contribution in [1.29, 1.82) is 0 Å². The van der Waals surface area contributed by atoms with Crippen LogP contribution in [0.1, 0.15) is 71.5 Å². The molecule has 1 aromatic heterocycles. The molecular formula is C23H30N2O3S. The van der Waals surface area contributed by atoms with Gasteiger partial charge in [0.05, 0.1) is 11.3 Å². The van der Waals surface area contributed by atoms with Crippen molar-refractivity contribution in [2.45, 2.75) is 70.3 Å². The van der Waals surface area contributed by atoms with E-state index in [4.69, 9.17) is 15.1 Å². The lowest BCUT2D eigenvalue weighted by Crippen LogP contribution is -2.25. The molecule has 1 aromatic carbocycles. The van der Waals surface area contributed by atoms with Crippen molar-refractivity contribution in [3.05, 3.63) is 45.7 Å². The first kappa shape index (κ1) is 21.7. The molecule has 0 saturated carbocycles. The Hall–Kier alpha value is -2.05. The monoisotopic (exact) mass is 414 g/mol. The zero-order valence-electron chi connectivity index (χ0n) is 17.3. The number of anilines is 1. The Morgan fingerprint density at radius 3 is 2.17 bits per heavy atom. The molecule has 0 bridgehead atoms. The van der Waals surface area contributed by atoms with Gasteiger partial charge in [0.15, 0.2) is 10.9 Å². The Morgan fingerprint density at radius 2 is 1.62 bits per heavy atom. The number of furan rings is 1. The standard InChI is InChI=1S/C12H16N2.C10H12O2S.CH2O/c13-14-12-10-5-1-3-8(10)7-9-4-2-6-11(9)12;1-10(2)4-7(11)6-3-9(13)12-8(6)5-10;1-2/h7,14H,1-6,13H2;3,13H,4-5H2,1-2H3;1H2. The van der Waals surface area contributed by atoms with Crippen LogP contribution in [0.5, 0.6) is 0 Å². The first-order chi connectivity index (χ1) is 13.9. The number of carbonyl (C=O) groups is 2. The van der Waals surface area contributed by atoms with Crippen molar-refractivity contribution in [1.82, 2.24) is 0 Å². The highest BCUT2D eigenvalue weighted by Crippen LogP contribution is 2.38. The zero-order valence-corrected chi connectivity index (χ0v) is 18.2. The molecule has 5 rings (SSSR count). The van der Waals surface area contributed by atoms with Gasteiger partial charge in [0, 0.05) is 18.9 Å². The number of carbonyl (C=O) groups excluding carboxylic acids is 2. The van der Waals surface area contributed by atoms with Crippen molar-refractivity contribution in [2.24, 2.45) is 11.3 Å². The molecule has 0 aliphatic heterocycles. The Morgan fingerprint density at radius 1 is 1.03 bits per heavy atom. The van der Waals surface area contributed by atoms with E-state index in [1.807, 2.05) is 6.79 Å². The number of nitrogens with two attached hydrogens (primary N) is 1. The fourth-order valence-electron chi connectivity index (χ4n) is 4.80. The number of hydrogen-bond donors (Lipinski definition) is 3. The minimum absolute atomic E-state index is 0.0299. The second kappa shape index (κ2) is 8.76. The van der Waals surface area contributed by atoms with Crippen LogP contribution < -0.4 is 11.3 Å². The summed E-state index contributed by atoms with van der Waals surface area (Å²) in [4.78, 5) is 19.6. The van der Waals surface area contributed by atoms with E-state index in [0.29, 0.717) is 11.5 Å². The lowest BCUT2D eigenvalue weighted by Gasteiger charge is -2.26. The van der Waals surface area contributed by atoms with E-state index >= 15 is 0 Å². The van der Waals surface area contributed by atoms with Crippen molar-refractivity contribution in [3.8, 4) is 0 Å². The molecule has 3 N–H and O–H groups in total. The van der Waals surface area contributed by atoms with E-state index in [2.05, 4.69) is 38.0 Å². The van der Waals surface area contributed by atoms with E-state index in [1.54, 1.807) is 17.2 Å². The third kappa shape index (κ3) is 4.43. The molecule has 0 amide bonds. The van der Waals surface area contributed by atoms with Gasteiger partial charge in [-0.2, -0.15) is 0 Å². The molecule has 2 aromatic rings. The number of nitrogen functional groups attached to an aromatic ring is 1. The quantitative estimate of drug-likeness (QED) is 0.364. The highest BCUT2D eigenvalue weighted by molar-refractivity contribution is 7.80. The van der Waals surface area contributed by atoms with Crippen LogP contribution in [0, 0.1) is 5.41 Å². The smallest absolute Gasteiger partial charge is 0.166 e. The summed E-state index contributed by atoms with van der Waals surface area (Å²) in [7, 11) is 0. The van der Waals surface area contributed by atoms with Crippen LogP contribution in [0.15, 0.2) is 21.6 Å². The maximum Gasteiger partial charge on any atom is 0.166 e. The van der Waals surface area contributed by atoms with Crippen molar-refractivity contribution >= 4 is 30.9 Å². The molecule has 0 saturated heterocycles. The number of thiol groups is 1. The normalized spacial score (nSPS) is 17.9. The summed E-state index contributed by atoms with van der Waals surface area (Å²) < 4.78 is 5.36. The van der Waals surface area contributed by atoms with Crippen LogP contribution in [0.4, 0.5) is 5.69 Å². The van der Waals surface area contributed by atoms with Gasteiger partial charge in [-0.05, 0) is 66.2 Å². The number of hydrogen-bond acceptors (Lipinski definition) is 6. The number of hydrazine groups is 1. The Bertz CT molecular complexity index is 885. The number of benzene rings is 1. The first-order valence-corrected chi connectivity index (χ1v) is 10.6. The van der Waals surface area contributed by atoms with Gasteiger partial charge < -0.3 is 14.6 Å². The van der Waals surface area contributed by atoms with E-state index < -0.39 is 0 Å². The van der Waals surface area contributed by atoms with Crippen molar-refractivity contribution in [2.75, 3.05) is 5.43 Å². The number of Topliss-reactive ketones (excluding diaryl/α,β-unsaturated/α-hetero) is 1. The predicted molar refractivity (Wildman–Crippen MR) is 118 cm³/mol.